The normalized spacial score (nSPS) is 14.8. The summed E-state index contributed by atoms with van der Waals surface area (Å²) in [5.74, 6) is -0.120. The number of carbonyl (C=O) groups is 1. The fourth-order valence-corrected chi connectivity index (χ4v) is 5.29. The van der Waals surface area contributed by atoms with Crippen molar-refractivity contribution in [1.82, 2.24) is 4.90 Å². The van der Waals surface area contributed by atoms with Crippen LogP contribution in [0.25, 0.3) is 20.9 Å². The molecule has 1 N–H and O–H groups in total. The number of piperazine rings is 1. The molecule has 1 saturated heterocycles. The van der Waals surface area contributed by atoms with Gasteiger partial charge in [0.05, 0.1) is 12.2 Å². The van der Waals surface area contributed by atoms with Crippen LogP contribution in [0.2, 0.25) is 0 Å². The van der Waals surface area contributed by atoms with Crippen molar-refractivity contribution in [3.63, 3.8) is 0 Å². The molecule has 5 rings (SSSR count). The van der Waals surface area contributed by atoms with Crippen LogP contribution in [0.3, 0.4) is 0 Å². The van der Waals surface area contributed by atoms with Crippen LogP contribution in [-0.4, -0.2) is 55.3 Å². The third kappa shape index (κ3) is 4.29. The van der Waals surface area contributed by atoms with Crippen LogP contribution in [0.5, 0.6) is 5.75 Å². The van der Waals surface area contributed by atoms with Gasteiger partial charge in [-0.25, -0.2) is 4.79 Å². The van der Waals surface area contributed by atoms with Gasteiger partial charge in [0.1, 0.15) is 5.75 Å². The fraction of sp³-hybridized carbons (Fsp3) is 0.269. The Hall–Kier alpha value is -3.09. The van der Waals surface area contributed by atoms with E-state index in [1.807, 2.05) is 24.3 Å². The molecule has 1 aliphatic heterocycles. The van der Waals surface area contributed by atoms with Gasteiger partial charge in [0.25, 0.3) is 0 Å². The summed E-state index contributed by atoms with van der Waals surface area (Å²) in [5, 5.41) is 14.5. The minimum atomic E-state index is -0.906. The maximum Gasteiger partial charge on any atom is 0.336 e. The van der Waals surface area contributed by atoms with Crippen LogP contribution in [-0.2, 0) is 0 Å². The first-order valence-corrected chi connectivity index (χ1v) is 11.9. The highest BCUT2D eigenvalue weighted by Crippen LogP contribution is 2.31. The van der Waals surface area contributed by atoms with Crippen LogP contribution in [0, 0.1) is 0 Å². The van der Waals surface area contributed by atoms with E-state index in [1.54, 1.807) is 23.5 Å². The Labute approximate surface area is 191 Å². The second-order valence-corrected chi connectivity index (χ2v) is 9.08. The van der Waals surface area contributed by atoms with Crippen molar-refractivity contribution in [2.45, 2.75) is 6.42 Å². The zero-order valence-electron chi connectivity index (χ0n) is 17.9. The molecular weight excluding hydrogens is 420 g/mol. The summed E-state index contributed by atoms with van der Waals surface area (Å²) >= 11 is 1.80. The second kappa shape index (κ2) is 9.18. The quantitative estimate of drug-likeness (QED) is 0.388. The highest BCUT2D eigenvalue weighted by Gasteiger charge is 2.18. The SMILES string of the molecule is O=C(O)c1cccc2cc(OCCCN3CCN(c4cccc5sccc45)CC3)ccc12. The Balaban J connectivity index is 1.11. The largest absolute Gasteiger partial charge is 0.494 e. The topological polar surface area (TPSA) is 53.0 Å². The summed E-state index contributed by atoms with van der Waals surface area (Å²) in [6.07, 6.45) is 0.966. The lowest BCUT2D eigenvalue weighted by molar-refractivity contribution is 0.0699. The molecule has 0 radical (unpaired) electrons. The molecule has 5 nitrogen and oxygen atoms in total. The summed E-state index contributed by atoms with van der Waals surface area (Å²) in [4.78, 5) is 16.4. The lowest BCUT2D eigenvalue weighted by Gasteiger charge is -2.36. The molecule has 1 fully saturated rings. The lowest BCUT2D eigenvalue weighted by atomic mass is 10.0. The lowest BCUT2D eigenvalue weighted by Crippen LogP contribution is -2.46. The van der Waals surface area contributed by atoms with E-state index >= 15 is 0 Å². The van der Waals surface area contributed by atoms with E-state index in [4.69, 9.17) is 4.74 Å². The molecule has 0 aliphatic carbocycles. The third-order valence-corrected chi connectivity index (χ3v) is 7.04. The number of benzene rings is 3. The van der Waals surface area contributed by atoms with E-state index in [2.05, 4.69) is 39.4 Å². The zero-order valence-corrected chi connectivity index (χ0v) is 18.7. The number of hydrogen-bond donors (Lipinski definition) is 1. The molecule has 3 aromatic carbocycles. The van der Waals surface area contributed by atoms with Crippen molar-refractivity contribution in [3.05, 3.63) is 71.6 Å². The van der Waals surface area contributed by atoms with Gasteiger partial charge in [-0.05, 0) is 65.0 Å². The molecule has 0 atom stereocenters. The predicted molar refractivity (Wildman–Crippen MR) is 131 cm³/mol. The average Bonchev–Trinajstić information content (AvgIpc) is 3.31. The van der Waals surface area contributed by atoms with Gasteiger partial charge in [0.2, 0.25) is 0 Å². The number of carboxylic acids is 1. The standard InChI is InChI=1S/C26H26N2O3S/c29-26(30)22-5-1-4-19-18-20(8-9-21(19)22)31-16-3-11-27-12-14-28(15-13-27)24-6-2-7-25-23(24)10-17-32-25/h1-2,4-10,17-18H,3,11-16H2,(H,29,30). The highest BCUT2D eigenvalue weighted by molar-refractivity contribution is 7.17. The number of carboxylic acid groups (broad SMARTS) is 1. The average molecular weight is 447 g/mol. The van der Waals surface area contributed by atoms with E-state index in [9.17, 15) is 9.90 Å². The van der Waals surface area contributed by atoms with Crippen molar-refractivity contribution in [1.29, 1.82) is 0 Å². The maximum absolute atomic E-state index is 11.4. The van der Waals surface area contributed by atoms with Crippen molar-refractivity contribution in [2.75, 3.05) is 44.2 Å². The molecule has 0 unspecified atom stereocenters. The minimum Gasteiger partial charge on any atom is -0.494 e. The van der Waals surface area contributed by atoms with Gasteiger partial charge in [-0.2, -0.15) is 0 Å². The number of rotatable bonds is 7. The molecule has 0 spiro atoms. The first-order chi connectivity index (χ1) is 15.7. The Kier molecular flexibility index (Phi) is 5.97. The number of aromatic carboxylic acids is 1. The molecule has 164 valence electrons. The van der Waals surface area contributed by atoms with Crippen LogP contribution >= 0.6 is 11.3 Å². The Morgan fingerprint density at radius 2 is 1.81 bits per heavy atom. The molecule has 0 saturated carbocycles. The van der Waals surface area contributed by atoms with E-state index < -0.39 is 5.97 Å². The van der Waals surface area contributed by atoms with E-state index in [1.165, 1.54) is 15.8 Å². The molecule has 2 heterocycles. The Morgan fingerprint density at radius 1 is 0.969 bits per heavy atom. The van der Waals surface area contributed by atoms with Crippen molar-refractivity contribution in [2.24, 2.45) is 0 Å². The number of fused-ring (bicyclic) bond motifs is 2. The van der Waals surface area contributed by atoms with E-state index in [0.29, 0.717) is 12.2 Å². The fourth-order valence-electron chi connectivity index (χ4n) is 4.48. The van der Waals surface area contributed by atoms with Crippen LogP contribution < -0.4 is 9.64 Å². The summed E-state index contributed by atoms with van der Waals surface area (Å²) < 4.78 is 7.31. The number of thiophene rings is 1. The first kappa shape index (κ1) is 20.8. The van der Waals surface area contributed by atoms with Crippen molar-refractivity contribution >= 4 is 43.9 Å². The minimum absolute atomic E-state index is 0.323. The summed E-state index contributed by atoms with van der Waals surface area (Å²) in [7, 11) is 0. The van der Waals surface area contributed by atoms with Gasteiger partial charge >= 0.3 is 5.97 Å². The van der Waals surface area contributed by atoms with Gasteiger partial charge in [0, 0.05) is 48.5 Å². The monoisotopic (exact) mass is 446 g/mol. The van der Waals surface area contributed by atoms with Gasteiger partial charge in [0.15, 0.2) is 0 Å². The van der Waals surface area contributed by atoms with Crippen molar-refractivity contribution < 1.29 is 14.6 Å². The Morgan fingerprint density at radius 3 is 2.66 bits per heavy atom. The molecular formula is C26H26N2O3S. The summed E-state index contributed by atoms with van der Waals surface area (Å²) in [6, 6.07) is 19.8. The highest BCUT2D eigenvalue weighted by atomic mass is 32.1. The molecule has 0 amide bonds. The van der Waals surface area contributed by atoms with Gasteiger partial charge in [-0.3, -0.25) is 4.90 Å². The molecule has 4 aromatic rings. The Bertz CT molecular complexity index is 1240. The molecule has 1 aromatic heterocycles. The molecule has 1 aliphatic rings. The maximum atomic E-state index is 11.4. The number of hydrogen-bond acceptors (Lipinski definition) is 5. The molecule has 6 heteroatoms. The summed E-state index contributed by atoms with van der Waals surface area (Å²) in [5.41, 5.74) is 1.68. The number of anilines is 1. The van der Waals surface area contributed by atoms with Gasteiger partial charge < -0.3 is 14.7 Å². The van der Waals surface area contributed by atoms with Gasteiger partial charge in [-0.1, -0.05) is 18.2 Å². The second-order valence-electron chi connectivity index (χ2n) is 8.13. The van der Waals surface area contributed by atoms with Crippen LogP contribution in [0.4, 0.5) is 5.69 Å². The smallest absolute Gasteiger partial charge is 0.336 e. The van der Waals surface area contributed by atoms with E-state index in [0.717, 1.165) is 55.7 Å². The third-order valence-electron chi connectivity index (χ3n) is 6.16. The van der Waals surface area contributed by atoms with Crippen LogP contribution in [0.1, 0.15) is 16.8 Å². The number of ether oxygens (including phenoxy) is 1. The van der Waals surface area contributed by atoms with Gasteiger partial charge in [-0.15, -0.1) is 11.3 Å². The molecule has 0 bridgehead atoms. The number of nitrogens with zero attached hydrogens (tertiary/aromatic N) is 2. The van der Waals surface area contributed by atoms with E-state index in [-0.39, 0.29) is 0 Å². The predicted octanol–water partition coefficient (Wildman–Crippen LogP) is 5.34. The molecule has 32 heavy (non-hydrogen) atoms. The summed E-state index contributed by atoms with van der Waals surface area (Å²) in [6.45, 7) is 5.90. The zero-order chi connectivity index (χ0) is 21.9. The van der Waals surface area contributed by atoms with Crippen molar-refractivity contribution in [3.8, 4) is 5.75 Å². The first-order valence-electron chi connectivity index (χ1n) is 11.0. The van der Waals surface area contributed by atoms with Crippen LogP contribution in [0.15, 0.2) is 66.0 Å².